The van der Waals surface area contributed by atoms with Gasteiger partial charge in [-0.05, 0) is 13.8 Å². The van der Waals surface area contributed by atoms with E-state index in [1.165, 1.54) is 0 Å². The van der Waals surface area contributed by atoms with Crippen molar-refractivity contribution in [3.8, 4) is 0 Å². The first-order chi connectivity index (χ1) is 8.66. The number of amides is 1. The van der Waals surface area contributed by atoms with Crippen molar-refractivity contribution in [1.82, 2.24) is 20.6 Å². The van der Waals surface area contributed by atoms with Crippen LogP contribution in [0.15, 0.2) is 11.3 Å². The van der Waals surface area contributed by atoms with Crippen molar-refractivity contribution in [2.24, 2.45) is 4.99 Å². The van der Waals surface area contributed by atoms with Crippen molar-refractivity contribution in [3.05, 3.63) is 17.7 Å². The van der Waals surface area contributed by atoms with Crippen LogP contribution in [0.4, 0.5) is 0 Å². The van der Waals surface area contributed by atoms with Crippen LogP contribution in [0.2, 0.25) is 0 Å². The Morgan fingerprint density at radius 1 is 1.53 bits per heavy atom. The van der Waals surface area contributed by atoms with Gasteiger partial charge in [-0.1, -0.05) is 0 Å². The maximum atomic E-state index is 11.2. The molecule has 7 nitrogen and oxygen atoms in total. The highest BCUT2D eigenvalue weighted by Crippen LogP contribution is 2.12. The number of carbonyl (C=O) groups excluding carboxylic acids is 1. The van der Waals surface area contributed by atoms with E-state index in [4.69, 9.17) is 0 Å². The summed E-state index contributed by atoms with van der Waals surface area (Å²) < 4.78 is 0. The predicted molar refractivity (Wildman–Crippen MR) is 76.1 cm³/mol. The van der Waals surface area contributed by atoms with Gasteiger partial charge in [0.05, 0.1) is 18.6 Å². The Kier molecular flexibility index (Phi) is 5.84. The summed E-state index contributed by atoms with van der Waals surface area (Å²) in [4.78, 5) is 22.8. The Bertz CT molecular complexity index is 460. The molecule has 106 valence electrons. The maximum absolute atomic E-state index is 11.2. The molecule has 0 saturated carbocycles. The Morgan fingerprint density at radius 3 is 2.89 bits per heavy atom. The highest BCUT2D eigenvalue weighted by molar-refractivity contribution is 7.98. The standard InChI is InChI=1S/C11H17N5OS.H2O/c1-7-9(14-6-13-7)5-18-4-3-12-11-15-8(2)10(17)16-11;/h6,8H,3-5H2,1-2H3,(H,13,14)(H2,12,15,16,17);1H2. The minimum atomic E-state index is -0.178. The van der Waals surface area contributed by atoms with Gasteiger partial charge in [0.25, 0.3) is 0 Å². The van der Waals surface area contributed by atoms with Crippen LogP contribution in [0.25, 0.3) is 0 Å². The zero-order valence-electron chi connectivity index (χ0n) is 11.0. The lowest BCUT2D eigenvalue weighted by Crippen LogP contribution is -2.26. The summed E-state index contributed by atoms with van der Waals surface area (Å²) in [6.45, 7) is 4.51. The fourth-order valence-corrected chi connectivity index (χ4v) is 2.39. The van der Waals surface area contributed by atoms with Crippen molar-refractivity contribution in [2.75, 3.05) is 12.3 Å². The van der Waals surface area contributed by atoms with E-state index in [2.05, 4.69) is 25.6 Å². The number of thioether (sulfide) groups is 1. The first-order valence-electron chi connectivity index (χ1n) is 5.85. The molecule has 0 spiro atoms. The molecule has 0 aromatic carbocycles. The van der Waals surface area contributed by atoms with Crippen molar-refractivity contribution in [1.29, 1.82) is 0 Å². The summed E-state index contributed by atoms with van der Waals surface area (Å²) >= 11 is 1.78. The second-order valence-electron chi connectivity index (χ2n) is 4.11. The summed E-state index contributed by atoms with van der Waals surface area (Å²) in [6.07, 6.45) is 1.71. The summed E-state index contributed by atoms with van der Waals surface area (Å²) in [5.74, 6) is 2.36. The number of aliphatic imine (C=N–C) groups is 1. The quantitative estimate of drug-likeness (QED) is 0.638. The van der Waals surface area contributed by atoms with Gasteiger partial charge in [-0.25, -0.2) is 4.98 Å². The average Bonchev–Trinajstić information content (AvgIpc) is 2.87. The predicted octanol–water partition coefficient (Wildman–Crippen LogP) is -0.409. The minimum Gasteiger partial charge on any atom is -0.412 e. The van der Waals surface area contributed by atoms with Crippen molar-refractivity contribution in [3.63, 3.8) is 0 Å². The van der Waals surface area contributed by atoms with Crippen LogP contribution < -0.4 is 10.6 Å². The normalized spacial score (nSPS) is 20.0. The Balaban J connectivity index is 0.00000180. The number of rotatable bonds is 5. The van der Waals surface area contributed by atoms with Gasteiger partial charge >= 0.3 is 0 Å². The Labute approximate surface area is 116 Å². The number of H-pyrrole nitrogens is 1. The summed E-state index contributed by atoms with van der Waals surface area (Å²) in [6, 6.07) is -0.178. The lowest BCUT2D eigenvalue weighted by atomic mass is 10.4. The molecule has 1 aliphatic rings. The number of carbonyl (C=O) groups is 1. The van der Waals surface area contributed by atoms with Gasteiger partial charge in [0, 0.05) is 17.2 Å². The zero-order chi connectivity index (χ0) is 13.0. The van der Waals surface area contributed by atoms with Gasteiger partial charge in [-0.3, -0.25) is 15.1 Å². The monoisotopic (exact) mass is 285 g/mol. The number of imidazole rings is 1. The van der Waals surface area contributed by atoms with Gasteiger partial charge in [0.2, 0.25) is 5.91 Å². The van der Waals surface area contributed by atoms with Crippen molar-refractivity contribution < 1.29 is 10.3 Å². The molecule has 2 rings (SSSR count). The lowest BCUT2D eigenvalue weighted by Gasteiger charge is -2.00. The van der Waals surface area contributed by atoms with E-state index in [1.807, 2.05) is 13.8 Å². The smallest absolute Gasteiger partial charge is 0.248 e. The number of aryl methyl sites for hydroxylation is 1. The molecule has 1 saturated heterocycles. The van der Waals surface area contributed by atoms with E-state index in [-0.39, 0.29) is 17.4 Å². The van der Waals surface area contributed by atoms with Crippen LogP contribution in [0.3, 0.4) is 0 Å². The van der Waals surface area contributed by atoms with Crippen LogP contribution in [0, 0.1) is 6.92 Å². The number of nitrogens with one attached hydrogen (secondary N) is 3. The molecule has 1 atom stereocenters. The lowest BCUT2D eigenvalue weighted by molar-refractivity contribution is -0.119. The number of aromatic nitrogens is 2. The SMILES string of the molecule is Cc1[nH]cnc1CSCCN=C1NC(=O)C(C)N1.O. The highest BCUT2D eigenvalue weighted by Gasteiger charge is 2.22. The minimum absolute atomic E-state index is 0. The van der Waals surface area contributed by atoms with Gasteiger partial charge in [-0.15, -0.1) is 0 Å². The molecule has 1 amide bonds. The average molecular weight is 285 g/mol. The van der Waals surface area contributed by atoms with Crippen LogP contribution in [-0.2, 0) is 10.5 Å². The Morgan fingerprint density at radius 2 is 2.32 bits per heavy atom. The van der Waals surface area contributed by atoms with E-state index in [1.54, 1.807) is 18.1 Å². The third-order valence-corrected chi connectivity index (χ3v) is 3.62. The first-order valence-corrected chi connectivity index (χ1v) is 7.00. The maximum Gasteiger partial charge on any atom is 0.248 e. The second kappa shape index (κ2) is 7.15. The number of guanidine groups is 1. The van der Waals surface area contributed by atoms with Crippen LogP contribution in [0.5, 0.6) is 0 Å². The molecule has 0 radical (unpaired) electrons. The highest BCUT2D eigenvalue weighted by atomic mass is 32.2. The molecule has 2 heterocycles. The van der Waals surface area contributed by atoms with E-state index in [0.717, 1.165) is 22.9 Å². The number of aromatic amines is 1. The molecule has 0 aliphatic carbocycles. The summed E-state index contributed by atoms with van der Waals surface area (Å²) in [7, 11) is 0. The molecular formula is C11H19N5O2S. The van der Waals surface area contributed by atoms with Gasteiger partial charge in [-0.2, -0.15) is 11.8 Å². The molecule has 8 heteroatoms. The van der Waals surface area contributed by atoms with Crippen LogP contribution in [-0.4, -0.2) is 45.7 Å². The van der Waals surface area contributed by atoms with E-state index in [0.29, 0.717) is 12.5 Å². The third-order valence-electron chi connectivity index (χ3n) is 2.67. The van der Waals surface area contributed by atoms with E-state index in [9.17, 15) is 4.79 Å². The number of hydrogen-bond acceptors (Lipinski definition) is 4. The molecule has 0 bridgehead atoms. The molecule has 1 aromatic rings. The number of hydrogen-bond donors (Lipinski definition) is 3. The van der Waals surface area contributed by atoms with Crippen LogP contribution in [0.1, 0.15) is 18.3 Å². The third kappa shape index (κ3) is 4.25. The Hall–Kier alpha value is -1.54. The summed E-state index contributed by atoms with van der Waals surface area (Å²) in [5.41, 5.74) is 2.21. The zero-order valence-corrected chi connectivity index (χ0v) is 11.8. The molecular weight excluding hydrogens is 266 g/mol. The van der Waals surface area contributed by atoms with E-state index >= 15 is 0 Å². The molecule has 1 aliphatic heterocycles. The molecule has 19 heavy (non-hydrogen) atoms. The van der Waals surface area contributed by atoms with Crippen molar-refractivity contribution >= 4 is 23.6 Å². The van der Waals surface area contributed by atoms with Gasteiger partial charge < -0.3 is 15.8 Å². The largest absolute Gasteiger partial charge is 0.412 e. The van der Waals surface area contributed by atoms with Crippen LogP contribution >= 0.6 is 11.8 Å². The summed E-state index contributed by atoms with van der Waals surface area (Å²) in [5, 5.41) is 5.67. The fourth-order valence-electron chi connectivity index (χ4n) is 1.54. The topological polar surface area (TPSA) is 114 Å². The van der Waals surface area contributed by atoms with Crippen molar-refractivity contribution in [2.45, 2.75) is 25.6 Å². The first kappa shape index (κ1) is 15.5. The van der Waals surface area contributed by atoms with E-state index < -0.39 is 0 Å². The number of nitrogens with zero attached hydrogens (tertiary/aromatic N) is 2. The molecule has 5 N–H and O–H groups in total. The fraction of sp³-hybridized carbons (Fsp3) is 0.545. The van der Waals surface area contributed by atoms with Gasteiger partial charge in [0.1, 0.15) is 6.04 Å². The van der Waals surface area contributed by atoms with Gasteiger partial charge in [0.15, 0.2) is 5.96 Å². The molecule has 1 unspecified atom stereocenters. The molecule has 1 fully saturated rings. The molecule has 1 aromatic heterocycles. The second-order valence-corrected chi connectivity index (χ2v) is 5.22.